The molecule has 23 nitrogen and oxygen atoms in total. The molecule has 366 valence electrons. The molecule has 0 saturated heterocycles. The van der Waals surface area contributed by atoms with E-state index in [1.807, 2.05) is 13.8 Å². The number of hydrogen-bond acceptors (Lipinski definition) is 23. The van der Waals surface area contributed by atoms with Crippen molar-refractivity contribution in [2.24, 2.45) is 0 Å². The predicted octanol–water partition coefficient (Wildman–Crippen LogP) is 3.13. The van der Waals surface area contributed by atoms with Crippen LogP contribution in [0.3, 0.4) is 0 Å². The van der Waals surface area contributed by atoms with Gasteiger partial charge in [-0.25, -0.2) is 9.59 Å². The van der Waals surface area contributed by atoms with Gasteiger partial charge in [-0.1, -0.05) is 27.2 Å². The maximum absolute atomic E-state index is 10.4. The Hall–Kier alpha value is -4.97. The van der Waals surface area contributed by atoms with Crippen LogP contribution in [0.5, 0.6) is 0 Å². The number of carbonyl (C=O) groups excluding carboxylic acids is 9. The fourth-order valence-electron chi connectivity index (χ4n) is 1.54. The molecule has 0 aliphatic heterocycles. The zero-order chi connectivity index (χ0) is 49.9. The van der Waals surface area contributed by atoms with Crippen molar-refractivity contribution < 1.29 is 109 Å². The summed E-state index contributed by atoms with van der Waals surface area (Å²) in [4.78, 5) is 91.8. The van der Waals surface area contributed by atoms with Crippen LogP contribution >= 0.6 is 0 Å². The molecular formula is C38H76O23. The van der Waals surface area contributed by atoms with E-state index < -0.39 is 47.8 Å². The highest BCUT2D eigenvalue weighted by atomic mass is 16.8. The molecule has 0 aliphatic rings. The fraction of sp³-hybridized carbons (Fsp3) is 0.763. The zero-order valence-corrected chi connectivity index (χ0v) is 39.7. The molecule has 0 saturated carbocycles. The number of hydrogen-bond donors (Lipinski definition) is 0. The summed E-state index contributed by atoms with van der Waals surface area (Å²) in [6.07, 6.45) is 1.42. The summed E-state index contributed by atoms with van der Waals surface area (Å²) >= 11 is 0. The van der Waals surface area contributed by atoms with Gasteiger partial charge in [0, 0.05) is 75.8 Å². The first-order valence-electron chi connectivity index (χ1n) is 18.1. The predicted molar refractivity (Wildman–Crippen MR) is 217 cm³/mol. The van der Waals surface area contributed by atoms with Gasteiger partial charge in [0.05, 0.1) is 35.0 Å². The summed E-state index contributed by atoms with van der Waals surface area (Å²) in [5.74, 6) is -4.12. The first-order chi connectivity index (χ1) is 28.6. The van der Waals surface area contributed by atoms with E-state index >= 15 is 0 Å². The minimum atomic E-state index is -0.582. The van der Waals surface area contributed by atoms with Crippen LogP contribution in [0.15, 0.2) is 0 Å². The topological polar surface area (TPSA) is 283 Å². The van der Waals surface area contributed by atoms with Crippen LogP contribution in [-0.2, 0) is 109 Å². The van der Waals surface area contributed by atoms with E-state index in [2.05, 4.69) is 75.4 Å². The van der Waals surface area contributed by atoms with Crippen LogP contribution in [0.25, 0.3) is 0 Å². The standard InChI is InChI=1S/2C6H10O5.2C5H8O4.C5H10O2.C4H10O.C3H8.2C2H6O/c1-9-5(7)3-11-4-6(8)10-2;1-5(7)10-3-9-4-11-6(2)8;1-8-4(6)3-5(7)9-2;1-4(6)8-3-9-5(2)7;1-3-5(6)7-4-2;1-3-5-4-2;3*1-3-2/h2*3-4H2,1-2H3;2*3H2,1-2H3;3-4H2,1-2H3;3-4H2,1-2H3;3H2,1-2H3;2*1-2H3. The van der Waals surface area contributed by atoms with Gasteiger partial charge in [0.2, 0.25) is 6.79 Å². The lowest BCUT2D eigenvalue weighted by atomic mass is 10.4. The quantitative estimate of drug-likeness (QED) is 0.0707. The van der Waals surface area contributed by atoms with Crippen LogP contribution in [0.4, 0.5) is 0 Å². The number of carbonyl (C=O) groups is 9. The monoisotopic (exact) mass is 900 g/mol. The van der Waals surface area contributed by atoms with Crippen molar-refractivity contribution in [3.8, 4) is 0 Å². The molecule has 0 spiro atoms. The van der Waals surface area contributed by atoms with E-state index in [0.717, 1.165) is 13.2 Å². The van der Waals surface area contributed by atoms with E-state index in [1.165, 1.54) is 62.6 Å². The largest absolute Gasteiger partial charge is 0.469 e. The summed E-state index contributed by atoms with van der Waals surface area (Å²) in [5.41, 5.74) is 0. The maximum Gasteiger partial charge on any atom is 0.331 e. The van der Waals surface area contributed by atoms with Crippen molar-refractivity contribution in [1.29, 1.82) is 0 Å². The second kappa shape index (κ2) is 72.6. The third-order valence-electron chi connectivity index (χ3n) is 3.86. The Bertz CT molecular complexity index is 952. The lowest BCUT2D eigenvalue weighted by molar-refractivity contribution is -0.173. The Morgan fingerprint density at radius 2 is 0.623 bits per heavy atom. The van der Waals surface area contributed by atoms with Crippen molar-refractivity contribution in [3.63, 3.8) is 0 Å². The number of methoxy groups -OCH3 is 6. The Labute approximate surface area is 361 Å². The van der Waals surface area contributed by atoms with Crippen LogP contribution in [0.2, 0.25) is 0 Å². The van der Waals surface area contributed by atoms with Crippen LogP contribution in [0, 0.1) is 0 Å². The summed E-state index contributed by atoms with van der Waals surface area (Å²) in [6, 6.07) is 0. The van der Waals surface area contributed by atoms with Gasteiger partial charge in [0.15, 0.2) is 13.6 Å². The van der Waals surface area contributed by atoms with E-state index in [4.69, 9.17) is 4.74 Å². The minimum Gasteiger partial charge on any atom is -0.469 e. The van der Waals surface area contributed by atoms with Gasteiger partial charge >= 0.3 is 53.7 Å². The highest BCUT2D eigenvalue weighted by molar-refractivity contribution is 5.91. The van der Waals surface area contributed by atoms with Crippen molar-refractivity contribution in [2.45, 2.75) is 88.5 Å². The molecule has 0 aromatic rings. The maximum atomic E-state index is 10.4. The molecular weight excluding hydrogens is 824 g/mol. The van der Waals surface area contributed by atoms with Gasteiger partial charge in [0.1, 0.15) is 19.6 Å². The smallest absolute Gasteiger partial charge is 0.331 e. The average Bonchev–Trinajstić information content (AvgIpc) is 3.19. The molecule has 0 radical (unpaired) electrons. The molecule has 0 unspecified atom stereocenters. The second-order valence-corrected chi connectivity index (χ2v) is 9.54. The van der Waals surface area contributed by atoms with Crippen molar-refractivity contribution in [3.05, 3.63) is 0 Å². The molecule has 0 bridgehead atoms. The Balaban J connectivity index is -0.0000000738. The van der Waals surface area contributed by atoms with E-state index in [0.29, 0.717) is 13.0 Å². The van der Waals surface area contributed by atoms with Crippen molar-refractivity contribution in [2.75, 3.05) is 110 Å². The van der Waals surface area contributed by atoms with Gasteiger partial charge in [0.25, 0.3) is 0 Å². The molecule has 0 atom stereocenters. The Morgan fingerprint density at radius 3 is 0.803 bits per heavy atom. The molecule has 61 heavy (non-hydrogen) atoms. The molecule has 0 N–H and O–H groups in total. The van der Waals surface area contributed by atoms with E-state index in [9.17, 15) is 43.2 Å². The SMILES string of the molecule is CC(=O)OCOC(C)=O.CC(=O)OCOCOC(C)=O.CCC.CCOC(=O)CC.CCOCC.COC.COC.COC(=O)CC(=O)OC.COC(=O)COCC(=O)OC. The third-order valence-corrected chi connectivity index (χ3v) is 3.86. The van der Waals surface area contributed by atoms with Gasteiger partial charge in [-0.2, -0.15) is 0 Å². The lowest BCUT2D eigenvalue weighted by Crippen LogP contribution is -2.16. The minimum absolute atomic E-state index is 0.123. The summed E-state index contributed by atoms with van der Waals surface area (Å²) in [5, 5.41) is 0. The molecule has 0 heterocycles. The second-order valence-electron chi connectivity index (χ2n) is 9.54. The Kier molecular flexibility index (Phi) is 91.3. The number of esters is 9. The number of ether oxygens (including phenoxy) is 14. The molecule has 0 aliphatic carbocycles. The fourth-order valence-corrected chi connectivity index (χ4v) is 1.54. The van der Waals surface area contributed by atoms with Crippen LogP contribution in [0.1, 0.15) is 88.5 Å². The molecule has 23 heteroatoms. The normalized spacial score (nSPS) is 8.16. The van der Waals surface area contributed by atoms with Crippen molar-refractivity contribution in [1.82, 2.24) is 0 Å². The first kappa shape index (κ1) is 76.7. The molecule has 0 fully saturated rings. The summed E-state index contributed by atoms with van der Waals surface area (Å²) in [6.45, 7) is 17.8. The lowest BCUT2D eigenvalue weighted by Gasteiger charge is -2.02. The van der Waals surface area contributed by atoms with Crippen LogP contribution < -0.4 is 0 Å². The number of rotatable bonds is 16. The summed E-state index contributed by atoms with van der Waals surface area (Å²) < 4.78 is 61.2. The zero-order valence-electron chi connectivity index (χ0n) is 39.7. The van der Waals surface area contributed by atoms with Gasteiger partial charge in [-0.3, -0.25) is 33.6 Å². The van der Waals surface area contributed by atoms with Gasteiger partial charge in [-0.15, -0.1) is 0 Å². The van der Waals surface area contributed by atoms with E-state index in [-0.39, 0.29) is 46.0 Å². The van der Waals surface area contributed by atoms with Crippen LogP contribution in [-0.4, -0.2) is 164 Å². The molecule has 0 amide bonds. The first-order valence-corrected chi connectivity index (χ1v) is 18.1. The van der Waals surface area contributed by atoms with Gasteiger partial charge < -0.3 is 66.3 Å². The highest BCUT2D eigenvalue weighted by Crippen LogP contribution is 1.86. The van der Waals surface area contributed by atoms with Gasteiger partial charge in [-0.05, 0) is 20.8 Å². The summed E-state index contributed by atoms with van der Waals surface area (Å²) in [7, 11) is 11.4. The third kappa shape index (κ3) is 134. The molecule has 0 aromatic carbocycles. The molecule has 0 rings (SSSR count). The highest BCUT2D eigenvalue weighted by Gasteiger charge is 2.07. The molecule has 0 aromatic heterocycles. The Morgan fingerprint density at radius 1 is 0.344 bits per heavy atom. The average molecular weight is 901 g/mol. The van der Waals surface area contributed by atoms with Crippen molar-refractivity contribution >= 4 is 53.7 Å². The van der Waals surface area contributed by atoms with E-state index in [1.54, 1.807) is 42.3 Å².